The average molecular weight is 425 g/mol. The number of rotatable bonds is 5. The smallest absolute Gasteiger partial charge is 0.262 e. The van der Waals surface area contributed by atoms with E-state index in [1.807, 2.05) is 18.2 Å². The van der Waals surface area contributed by atoms with Gasteiger partial charge in [0.05, 0.1) is 13.4 Å². The zero-order valence-corrected chi connectivity index (χ0v) is 17.7. The number of nitrogens with zero attached hydrogens (tertiary/aromatic N) is 3. The highest BCUT2D eigenvalue weighted by molar-refractivity contribution is 7.89. The summed E-state index contributed by atoms with van der Waals surface area (Å²) in [5.41, 5.74) is 3.49. The lowest BCUT2D eigenvalue weighted by Gasteiger charge is -2.54. The van der Waals surface area contributed by atoms with Crippen LogP contribution in [0.3, 0.4) is 0 Å². The first-order valence-electron chi connectivity index (χ1n) is 9.94. The van der Waals surface area contributed by atoms with Crippen LogP contribution in [0.5, 0.6) is 5.75 Å². The lowest BCUT2D eigenvalue weighted by Crippen LogP contribution is -2.72. The Kier molecular flexibility index (Phi) is 4.65. The van der Waals surface area contributed by atoms with Crippen LogP contribution in [0.25, 0.3) is 11.1 Å². The topological polar surface area (TPSA) is 76.5 Å². The van der Waals surface area contributed by atoms with Crippen molar-refractivity contribution in [3.63, 3.8) is 0 Å². The maximum atomic E-state index is 12.9. The van der Waals surface area contributed by atoms with Gasteiger partial charge in [-0.25, -0.2) is 13.4 Å². The summed E-state index contributed by atoms with van der Waals surface area (Å²) in [5.74, 6) is 1.16. The third-order valence-corrected chi connectivity index (χ3v) is 7.80. The van der Waals surface area contributed by atoms with Crippen molar-refractivity contribution in [2.75, 3.05) is 20.2 Å². The molecule has 0 radical (unpaired) electrons. The second-order valence-electron chi connectivity index (χ2n) is 7.96. The number of imidazole rings is 1. The molecule has 30 heavy (non-hydrogen) atoms. The molecule has 8 heteroatoms. The molecule has 3 fully saturated rings. The third kappa shape index (κ3) is 3.21. The van der Waals surface area contributed by atoms with Crippen molar-refractivity contribution >= 4 is 10.0 Å². The number of sulfonamides is 1. The van der Waals surface area contributed by atoms with E-state index in [4.69, 9.17) is 4.74 Å². The summed E-state index contributed by atoms with van der Waals surface area (Å²) in [7, 11) is -0.110. The summed E-state index contributed by atoms with van der Waals surface area (Å²) >= 11 is 0. The Hall–Kier alpha value is -2.68. The normalized spacial score (nSPS) is 23.7. The molecule has 0 aliphatic carbocycles. The van der Waals surface area contributed by atoms with Crippen molar-refractivity contribution in [3.05, 3.63) is 66.6 Å². The van der Waals surface area contributed by atoms with Crippen LogP contribution in [0.15, 0.2) is 66.1 Å². The van der Waals surface area contributed by atoms with Gasteiger partial charge in [0.1, 0.15) is 5.75 Å². The van der Waals surface area contributed by atoms with Gasteiger partial charge in [0.2, 0.25) is 0 Å². The molecular weight excluding hydrogens is 400 g/mol. The Morgan fingerprint density at radius 3 is 2.43 bits per heavy atom. The fraction of sp³-hybridized carbons (Fsp3) is 0.318. The Balaban J connectivity index is 1.32. The Labute approximate surface area is 176 Å². The van der Waals surface area contributed by atoms with Gasteiger partial charge in [-0.3, -0.25) is 0 Å². The van der Waals surface area contributed by atoms with E-state index in [0.717, 1.165) is 16.9 Å². The first-order valence-corrected chi connectivity index (χ1v) is 11.4. The van der Waals surface area contributed by atoms with Crippen molar-refractivity contribution in [2.24, 2.45) is 7.05 Å². The number of nitrogens with one attached hydrogen (secondary N) is 1. The minimum absolute atomic E-state index is 0.116. The van der Waals surface area contributed by atoms with Crippen LogP contribution in [0.1, 0.15) is 11.5 Å². The van der Waals surface area contributed by atoms with E-state index in [9.17, 15) is 8.42 Å². The second-order valence-corrected chi connectivity index (χ2v) is 9.84. The molecule has 4 heterocycles. The SMILES string of the molecule is COc1cccc(-c2ccc(C3[C@@H]4CN(S(=O)(=O)c5cn(C)cn5)C[C@H]3N4)cc2)c1. The highest BCUT2D eigenvalue weighted by atomic mass is 32.2. The van der Waals surface area contributed by atoms with Crippen LogP contribution < -0.4 is 10.1 Å². The van der Waals surface area contributed by atoms with Crippen molar-refractivity contribution < 1.29 is 13.2 Å². The first kappa shape index (κ1) is 19.3. The molecule has 3 aliphatic heterocycles. The molecule has 2 aromatic carbocycles. The molecule has 1 N–H and O–H groups in total. The van der Waals surface area contributed by atoms with Crippen LogP contribution in [0.4, 0.5) is 0 Å². The molecule has 0 amide bonds. The maximum Gasteiger partial charge on any atom is 0.262 e. The van der Waals surface area contributed by atoms with Crippen molar-refractivity contribution in [1.82, 2.24) is 19.2 Å². The number of aryl methyl sites for hydroxylation is 1. The van der Waals surface area contributed by atoms with E-state index in [1.54, 1.807) is 29.2 Å². The van der Waals surface area contributed by atoms with Gasteiger partial charge in [0.25, 0.3) is 10.0 Å². The van der Waals surface area contributed by atoms with Gasteiger partial charge in [0.15, 0.2) is 5.03 Å². The number of fused-ring (bicyclic) bond motifs is 2. The fourth-order valence-electron chi connectivity index (χ4n) is 4.51. The number of hydrogen-bond donors (Lipinski definition) is 1. The predicted octanol–water partition coefficient (Wildman–Crippen LogP) is 2.22. The standard InChI is InChI=1S/C22H24N4O3S/c1-25-13-21(23-14-25)30(27,28)26-11-19-22(20(12-26)24-19)16-8-6-15(7-9-16)17-4-3-5-18(10-17)29-2/h3-10,13-14,19-20,22,24H,11-12H2,1-2H3/t19-,20+,22?. The van der Waals surface area contributed by atoms with Crippen molar-refractivity contribution in [3.8, 4) is 16.9 Å². The highest BCUT2D eigenvalue weighted by Crippen LogP contribution is 2.39. The molecule has 3 saturated heterocycles. The van der Waals surface area contributed by atoms with E-state index >= 15 is 0 Å². The van der Waals surface area contributed by atoms with Crippen LogP contribution in [-0.4, -0.2) is 54.6 Å². The van der Waals surface area contributed by atoms with E-state index < -0.39 is 10.0 Å². The summed E-state index contributed by atoms with van der Waals surface area (Å²) in [5, 5.41) is 3.62. The van der Waals surface area contributed by atoms with Gasteiger partial charge in [-0.2, -0.15) is 4.31 Å². The number of hydrogen-bond acceptors (Lipinski definition) is 5. The quantitative estimate of drug-likeness (QED) is 0.680. The molecule has 1 aromatic heterocycles. The van der Waals surface area contributed by atoms with E-state index in [-0.39, 0.29) is 17.1 Å². The molecule has 3 aliphatic rings. The summed E-state index contributed by atoms with van der Waals surface area (Å²) < 4.78 is 34.3. The molecule has 3 aromatic rings. The molecule has 1 unspecified atom stereocenters. The van der Waals surface area contributed by atoms with E-state index in [1.165, 1.54) is 11.9 Å². The monoisotopic (exact) mass is 424 g/mol. The molecule has 0 saturated carbocycles. The van der Waals surface area contributed by atoms with Crippen LogP contribution in [-0.2, 0) is 17.1 Å². The van der Waals surface area contributed by atoms with Crippen LogP contribution >= 0.6 is 0 Å². The average Bonchev–Trinajstić information content (AvgIpc) is 3.21. The van der Waals surface area contributed by atoms with Gasteiger partial charge < -0.3 is 14.6 Å². The molecule has 0 spiro atoms. The summed E-state index contributed by atoms with van der Waals surface area (Å²) in [6.07, 6.45) is 3.07. The van der Waals surface area contributed by atoms with Gasteiger partial charge in [0, 0.05) is 44.3 Å². The zero-order chi connectivity index (χ0) is 20.9. The van der Waals surface area contributed by atoms with Crippen LogP contribution in [0, 0.1) is 0 Å². The van der Waals surface area contributed by atoms with Crippen molar-refractivity contribution in [1.29, 1.82) is 0 Å². The van der Waals surface area contributed by atoms with Gasteiger partial charge in [-0.05, 0) is 28.8 Å². The largest absolute Gasteiger partial charge is 0.497 e. The maximum absolute atomic E-state index is 12.9. The van der Waals surface area contributed by atoms with E-state index in [2.05, 4.69) is 40.6 Å². The third-order valence-electron chi connectivity index (χ3n) is 6.08. The zero-order valence-electron chi connectivity index (χ0n) is 16.9. The molecule has 6 rings (SSSR count). The van der Waals surface area contributed by atoms with Crippen LogP contribution in [0.2, 0.25) is 0 Å². The molecular formula is C22H24N4O3S. The lowest BCUT2D eigenvalue weighted by molar-refractivity contribution is 0.101. The van der Waals surface area contributed by atoms with Gasteiger partial charge in [-0.15, -0.1) is 0 Å². The number of benzene rings is 2. The summed E-state index contributed by atoms with van der Waals surface area (Å²) in [6, 6.07) is 16.8. The molecule has 156 valence electrons. The van der Waals surface area contributed by atoms with Gasteiger partial charge >= 0.3 is 0 Å². The number of piperidine rings is 1. The van der Waals surface area contributed by atoms with Gasteiger partial charge in [-0.1, -0.05) is 36.4 Å². The summed E-state index contributed by atoms with van der Waals surface area (Å²) in [4.78, 5) is 4.03. The fourth-order valence-corrected chi connectivity index (χ4v) is 5.96. The first-order chi connectivity index (χ1) is 14.5. The van der Waals surface area contributed by atoms with E-state index in [0.29, 0.717) is 19.0 Å². The Morgan fingerprint density at radius 1 is 1.07 bits per heavy atom. The second kappa shape index (κ2) is 7.23. The lowest BCUT2D eigenvalue weighted by atomic mass is 9.75. The number of aromatic nitrogens is 2. The molecule has 7 nitrogen and oxygen atoms in total. The predicted molar refractivity (Wildman–Crippen MR) is 114 cm³/mol. The van der Waals surface area contributed by atoms with Crippen molar-refractivity contribution in [2.45, 2.75) is 23.0 Å². The Bertz CT molecular complexity index is 1160. The highest BCUT2D eigenvalue weighted by Gasteiger charge is 2.50. The minimum Gasteiger partial charge on any atom is -0.497 e. The molecule has 2 bridgehead atoms. The minimum atomic E-state index is -3.55. The molecule has 3 atom stereocenters. The summed E-state index contributed by atoms with van der Waals surface area (Å²) in [6.45, 7) is 0.912. The number of piperazine rings is 1. The number of methoxy groups -OCH3 is 1. The Morgan fingerprint density at radius 2 is 1.80 bits per heavy atom. The number of ether oxygens (including phenoxy) is 1.